The molecule has 0 radical (unpaired) electrons. The minimum atomic E-state index is -0.192. The normalized spacial score (nSPS) is 10.7. The third kappa shape index (κ3) is 11.6. The molecule has 3 aromatic rings. The number of amides is 1. The number of nitrogens with one attached hydrogen (secondary N) is 4. The smallest absolute Gasteiger partial charge is 0.251 e. The van der Waals surface area contributed by atoms with Gasteiger partial charge in [0.15, 0.2) is 0 Å². The predicted molar refractivity (Wildman–Crippen MR) is 155 cm³/mol. The van der Waals surface area contributed by atoms with Gasteiger partial charge in [-0.2, -0.15) is 15.0 Å². The summed E-state index contributed by atoms with van der Waals surface area (Å²) < 4.78 is 10.7. The standard InChI is InChI=1S/C28H40N8O3/c1-2-3-14-31-26-34-27(32-15-12-22-8-5-4-6-9-22)36-28(35-26)33-24-11-7-10-23(21-24)25(37)30-16-18-39-20-19-38-17-13-29/h4-11,21H,2-3,12-20,29H2,1H3,(H,30,37)(H3,31,32,33,34,35,36). The highest BCUT2D eigenvalue weighted by atomic mass is 16.5. The molecule has 0 spiro atoms. The number of unbranched alkanes of at least 4 members (excludes halogenated alkanes) is 1. The van der Waals surface area contributed by atoms with Crippen LogP contribution in [0.5, 0.6) is 0 Å². The van der Waals surface area contributed by atoms with Gasteiger partial charge in [0.05, 0.1) is 26.4 Å². The van der Waals surface area contributed by atoms with Crippen molar-refractivity contribution < 1.29 is 14.3 Å². The lowest BCUT2D eigenvalue weighted by Gasteiger charge is -2.12. The number of aromatic nitrogens is 3. The first-order valence-corrected chi connectivity index (χ1v) is 13.5. The van der Waals surface area contributed by atoms with Crippen molar-refractivity contribution in [2.45, 2.75) is 26.2 Å². The topological polar surface area (TPSA) is 148 Å². The molecule has 2 aromatic carbocycles. The molecule has 0 bridgehead atoms. The Morgan fingerprint density at radius 2 is 1.54 bits per heavy atom. The van der Waals surface area contributed by atoms with Gasteiger partial charge in [-0.25, -0.2) is 0 Å². The van der Waals surface area contributed by atoms with Crippen LogP contribution in [0.25, 0.3) is 0 Å². The number of anilines is 4. The van der Waals surface area contributed by atoms with E-state index in [1.165, 1.54) is 5.56 Å². The van der Waals surface area contributed by atoms with E-state index >= 15 is 0 Å². The molecule has 0 atom stereocenters. The second-order valence-electron chi connectivity index (χ2n) is 8.72. The maximum Gasteiger partial charge on any atom is 0.251 e. The van der Waals surface area contributed by atoms with Crippen LogP contribution in [-0.4, -0.2) is 73.5 Å². The van der Waals surface area contributed by atoms with Crippen LogP contribution in [0.1, 0.15) is 35.7 Å². The summed E-state index contributed by atoms with van der Waals surface area (Å²) >= 11 is 0. The monoisotopic (exact) mass is 536 g/mol. The summed E-state index contributed by atoms with van der Waals surface area (Å²) in [6.07, 6.45) is 2.92. The second-order valence-corrected chi connectivity index (χ2v) is 8.72. The fourth-order valence-corrected chi connectivity index (χ4v) is 3.54. The highest BCUT2D eigenvalue weighted by molar-refractivity contribution is 5.95. The molecule has 0 aliphatic heterocycles. The Morgan fingerprint density at radius 1 is 0.821 bits per heavy atom. The largest absolute Gasteiger partial charge is 0.378 e. The van der Waals surface area contributed by atoms with E-state index in [0.717, 1.165) is 25.8 Å². The molecule has 11 nitrogen and oxygen atoms in total. The zero-order chi connectivity index (χ0) is 27.5. The van der Waals surface area contributed by atoms with E-state index in [4.69, 9.17) is 15.2 Å². The number of carbonyl (C=O) groups is 1. The van der Waals surface area contributed by atoms with Crippen LogP contribution >= 0.6 is 0 Å². The zero-order valence-corrected chi connectivity index (χ0v) is 22.6. The van der Waals surface area contributed by atoms with Crippen molar-refractivity contribution in [3.63, 3.8) is 0 Å². The first-order valence-electron chi connectivity index (χ1n) is 13.5. The number of benzene rings is 2. The number of nitrogens with zero attached hydrogens (tertiary/aromatic N) is 3. The van der Waals surface area contributed by atoms with Gasteiger partial charge in [0, 0.05) is 37.4 Å². The Kier molecular flexibility index (Phi) is 13.5. The lowest BCUT2D eigenvalue weighted by atomic mass is 10.1. The summed E-state index contributed by atoms with van der Waals surface area (Å²) in [4.78, 5) is 26.2. The maximum atomic E-state index is 12.6. The molecule has 1 aromatic heterocycles. The number of carbonyl (C=O) groups excluding carboxylic acids is 1. The molecular weight excluding hydrogens is 496 g/mol. The van der Waals surface area contributed by atoms with Gasteiger partial charge in [-0.15, -0.1) is 0 Å². The highest BCUT2D eigenvalue weighted by Gasteiger charge is 2.10. The van der Waals surface area contributed by atoms with E-state index in [1.807, 2.05) is 30.3 Å². The van der Waals surface area contributed by atoms with Gasteiger partial charge in [0.25, 0.3) is 5.91 Å². The van der Waals surface area contributed by atoms with Gasteiger partial charge in [0.2, 0.25) is 17.8 Å². The third-order valence-electron chi connectivity index (χ3n) is 5.54. The fraction of sp³-hybridized carbons (Fsp3) is 0.429. The number of ether oxygens (including phenoxy) is 2. The van der Waals surface area contributed by atoms with Crippen molar-refractivity contribution in [3.8, 4) is 0 Å². The average molecular weight is 537 g/mol. The zero-order valence-electron chi connectivity index (χ0n) is 22.6. The summed E-state index contributed by atoms with van der Waals surface area (Å²) in [5.74, 6) is 1.16. The first kappa shape index (κ1) is 29.8. The number of hydrogen-bond donors (Lipinski definition) is 5. The summed E-state index contributed by atoms with van der Waals surface area (Å²) in [5.41, 5.74) is 7.81. The molecule has 6 N–H and O–H groups in total. The van der Waals surface area contributed by atoms with Crippen molar-refractivity contribution in [1.82, 2.24) is 20.3 Å². The molecule has 0 unspecified atom stereocenters. The Labute approximate surface area is 230 Å². The van der Waals surface area contributed by atoms with Crippen LogP contribution in [0.15, 0.2) is 54.6 Å². The van der Waals surface area contributed by atoms with Gasteiger partial charge < -0.3 is 36.5 Å². The molecule has 0 aliphatic rings. The summed E-state index contributed by atoms with van der Waals surface area (Å²) in [5, 5.41) is 12.6. The Balaban J connectivity index is 1.57. The molecule has 210 valence electrons. The van der Waals surface area contributed by atoms with E-state index < -0.39 is 0 Å². The quantitative estimate of drug-likeness (QED) is 0.145. The van der Waals surface area contributed by atoms with Gasteiger partial charge >= 0.3 is 0 Å². The number of hydrogen-bond acceptors (Lipinski definition) is 10. The molecule has 39 heavy (non-hydrogen) atoms. The molecule has 1 amide bonds. The number of rotatable bonds is 19. The van der Waals surface area contributed by atoms with Crippen LogP contribution in [-0.2, 0) is 15.9 Å². The van der Waals surface area contributed by atoms with Crippen molar-refractivity contribution in [2.75, 3.05) is 68.6 Å². The Bertz CT molecular complexity index is 1120. The van der Waals surface area contributed by atoms with Crippen molar-refractivity contribution >= 4 is 29.4 Å². The lowest BCUT2D eigenvalue weighted by molar-refractivity contribution is 0.0511. The fourth-order valence-electron chi connectivity index (χ4n) is 3.54. The molecule has 0 fully saturated rings. The molecule has 0 saturated heterocycles. The minimum Gasteiger partial charge on any atom is -0.378 e. The average Bonchev–Trinajstić information content (AvgIpc) is 2.95. The van der Waals surface area contributed by atoms with Crippen LogP contribution in [0.4, 0.5) is 23.5 Å². The van der Waals surface area contributed by atoms with Gasteiger partial charge in [-0.05, 0) is 36.6 Å². The van der Waals surface area contributed by atoms with E-state index in [2.05, 4.69) is 55.3 Å². The Hall–Kier alpha value is -3.80. The summed E-state index contributed by atoms with van der Waals surface area (Å²) in [6.45, 7) is 6.31. The van der Waals surface area contributed by atoms with E-state index in [9.17, 15) is 4.79 Å². The summed E-state index contributed by atoms with van der Waals surface area (Å²) in [6, 6.07) is 17.4. The van der Waals surface area contributed by atoms with Crippen LogP contribution < -0.4 is 27.0 Å². The van der Waals surface area contributed by atoms with Crippen LogP contribution in [0.2, 0.25) is 0 Å². The molecule has 0 saturated carbocycles. The molecule has 1 heterocycles. The van der Waals surface area contributed by atoms with Crippen LogP contribution in [0, 0.1) is 0 Å². The van der Waals surface area contributed by atoms with Crippen molar-refractivity contribution in [2.24, 2.45) is 5.73 Å². The van der Waals surface area contributed by atoms with Crippen LogP contribution in [0.3, 0.4) is 0 Å². The SMILES string of the molecule is CCCCNc1nc(NCCc2ccccc2)nc(Nc2cccc(C(=O)NCCOCCOCCN)c2)n1. The Morgan fingerprint density at radius 3 is 2.28 bits per heavy atom. The third-order valence-corrected chi connectivity index (χ3v) is 5.54. The molecule has 11 heteroatoms. The van der Waals surface area contributed by atoms with E-state index in [1.54, 1.807) is 12.1 Å². The molecular formula is C28H40N8O3. The van der Waals surface area contributed by atoms with Gasteiger partial charge in [-0.1, -0.05) is 49.7 Å². The van der Waals surface area contributed by atoms with E-state index in [0.29, 0.717) is 75.2 Å². The molecule has 0 aliphatic carbocycles. The highest BCUT2D eigenvalue weighted by Crippen LogP contribution is 2.17. The van der Waals surface area contributed by atoms with Crippen molar-refractivity contribution in [3.05, 3.63) is 65.7 Å². The lowest BCUT2D eigenvalue weighted by Crippen LogP contribution is -2.27. The van der Waals surface area contributed by atoms with Gasteiger partial charge in [-0.3, -0.25) is 4.79 Å². The first-order chi connectivity index (χ1) is 19.2. The number of nitrogens with two attached hydrogens (primary N) is 1. The molecule has 3 rings (SSSR count). The van der Waals surface area contributed by atoms with Gasteiger partial charge in [0.1, 0.15) is 0 Å². The van der Waals surface area contributed by atoms with E-state index in [-0.39, 0.29) is 5.91 Å². The predicted octanol–water partition coefficient (Wildman–Crippen LogP) is 3.20. The maximum absolute atomic E-state index is 12.6. The summed E-state index contributed by atoms with van der Waals surface area (Å²) in [7, 11) is 0. The van der Waals surface area contributed by atoms with Crippen molar-refractivity contribution in [1.29, 1.82) is 0 Å². The second kappa shape index (κ2) is 17.7. The minimum absolute atomic E-state index is 0.192.